The van der Waals surface area contributed by atoms with Gasteiger partial charge in [-0.3, -0.25) is 4.79 Å². The summed E-state index contributed by atoms with van der Waals surface area (Å²) >= 11 is 0. The Morgan fingerprint density at radius 2 is 2.00 bits per heavy atom. The second kappa shape index (κ2) is 8.21. The molecule has 1 rings (SSSR count). The van der Waals surface area contributed by atoms with Crippen LogP contribution in [0.15, 0.2) is 24.3 Å². The first-order valence-corrected chi connectivity index (χ1v) is 6.91. The van der Waals surface area contributed by atoms with E-state index in [1.807, 2.05) is 13.8 Å². The Morgan fingerprint density at radius 3 is 2.57 bits per heavy atom. The number of hydrogen-bond acceptors (Lipinski definition) is 3. The Hall–Kier alpha value is -2.14. The van der Waals surface area contributed by atoms with Gasteiger partial charge in [-0.2, -0.15) is 0 Å². The molecule has 5 heteroatoms. The summed E-state index contributed by atoms with van der Waals surface area (Å²) in [7, 11) is 0. The maximum Gasteiger partial charge on any atom is 0.328 e. The van der Waals surface area contributed by atoms with Crippen molar-refractivity contribution in [2.24, 2.45) is 0 Å². The van der Waals surface area contributed by atoms with Gasteiger partial charge in [0.1, 0.15) is 0 Å². The van der Waals surface area contributed by atoms with E-state index in [-0.39, 0.29) is 12.5 Å². The highest BCUT2D eigenvalue weighted by molar-refractivity contribution is 5.96. The lowest BCUT2D eigenvalue weighted by Gasteiger charge is -2.22. The third kappa shape index (κ3) is 5.04. The van der Waals surface area contributed by atoms with Crippen molar-refractivity contribution in [2.75, 3.05) is 19.7 Å². The summed E-state index contributed by atoms with van der Waals surface area (Å²) in [4.78, 5) is 24.7. The maximum atomic E-state index is 12.5. The summed E-state index contributed by atoms with van der Waals surface area (Å²) in [6, 6.07) is 5.23. The first-order valence-electron chi connectivity index (χ1n) is 6.91. The molecule has 5 nitrogen and oxygen atoms in total. The number of carboxylic acids is 1. The van der Waals surface area contributed by atoms with Gasteiger partial charge in [-0.1, -0.05) is 19.1 Å². The molecule has 0 aliphatic carbocycles. The minimum atomic E-state index is -1.03. The van der Waals surface area contributed by atoms with E-state index >= 15 is 0 Å². The molecule has 0 unspecified atom stereocenters. The van der Waals surface area contributed by atoms with E-state index in [0.29, 0.717) is 24.2 Å². The normalized spacial score (nSPS) is 10.8. The van der Waals surface area contributed by atoms with Crippen molar-refractivity contribution in [3.63, 3.8) is 0 Å². The Balaban J connectivity index is 3.06. The molecule has 1 amide bonds. The Bertz CT molecular complexity index is 531. The number of aryl methyl sites for hydroxylation is 1. The van der Waals surface area contributed by atoms with E-state index in [2.05, 4.69) is 0 Å². The topological polar surface area (TPSA) is 77.8 Å². The summed E-state index contributed by atoms with van der Waals surface area (Å²) in [6.45, 7) is 4.59. The number of aliphatic carboxylic acids is 1. The summed E-state index contributed by atoms with van der Waals surface area (Å²) in [5, 5.41) is 17.7. The Labute approximate surface area is 124 Å². The number of carbonyl (C=O) groups excluding carboxylic acids is 1. The third-order valence-electron chi connectivity index (χ3n) is 3.06. The first-order chi connectivity index (χ1) is 9.99. The van der Waals surface area contributed by atoms with E-state index in [4.69, 9.17) is 10.2 Å². The summed E-state index contributed by atoms with van der Waals surface area (Å²) < 4.78 is 0. The van der Waals surface area contributed by atoms with E-state index < -0.39 is 5.97 Å². The highest BCUT2D eigenvalue weighted by atomic mass is 16.4. The smallest absolute Gasteiger partial charge is 0.328 e. The second-order valence-electron chi connectivity index (χ2n) is 4.76. The minimum absolute atomic E-state index is 0.0800. The van der Waals surface area contributed by atoms with Crippen LogP contribution in [-0.4, -0.2) is 46.7 Å². The summed E-state index contributed by atoms with van der Waals surface area (Å²) in [6.07, 6.45) is 3.30. The molecule has 0 atom stereocenters. The minimum Gasteiger partial charge on any atom is -0.478 e. The Morgan fingerprint density at radius 1 is 1.29 bits per heavy atom. The van der Waals surface area contributed by atoms with Crippen LogP contribution in [0.5, 0.6) is 0 Å². The molecule has 0 aliphatic heterocycles. The van der Waals surface area contributed by atoms with Gasteiger partial charge >= 0.3 is 5.97 Å². The van der Waals surface area contributed by atoms with Gasteiger partial charge in [0, 0.05) is 24.7 Å². The number of benzene rings is 1. The molecule has 0 saturated heterocycles. The van der Waals surface area contributed by atoms with Gasteiger partial charge in [-0.15, -0.1) is 0 Å². The molecule has 1 aromatic carbocycles. The van der Waals surface area contributed by atoms with E-state index in [1.54, 1.807) is 23.1 Å². The van der Waals surface area contributed by atoms with Gasteiger partial charge in [0.15, 0.2) is 0 Å². The van der Waals surface area contributed by atoms with Crippen molar-refractivity contribution < 1.29 is 19.8 Å². The fourth-order valence-electron chi connectivity index (χ4n) is 2.02. The van der Waals surface area contributed by atoms with Crippen LogP contribution in [0.3, 0.4) is 0 Å². The molecule has 0 aliphatic rings. The highest BCUT2D eigenvalue weighted by Crippen LogP contribution is 2.15. The standard InChI is InChI=1S/C16H21NO4/c1-3-8-17(9-10-18)16(21)14-11-13(5-4-12(14)2)6-7-15(19)20/h4-7,11,18H,3,8-10H2,1-2H3,(H,19,20). The van der Waals surface area contributed by atoms with Gasteiger partial charge in [-0.25, -0.2) is 4.79 Å². The predicted molar refractivity (Wildman–Crippen MR) is 81.1 cm³/mol. The molecule has 1 aromatic rings. The van der Waals surface area contributed by atoms with Crippen LogP contribution in [0.25, 0.3) is 6.08 Å². The molecule has 0 heterocycles. The molecule has 0 fully saturated rings. The number of carbonyl (C=O) groups is 2. The van der Waals surface area contributed by atoms with Crippen molar-refractivity contribution in [1.29, 1.82) is 0 Å². The van der Waals surface area contributed by atoms with Gasteiger partial charge in [0.05, 0.1) is 6.61 Å². The summed E-state index contributed by atoms with van der Waals surface area (Å²) in [5.41, 5.74) is 2.02. The first kappa shape index (κ1) is 16.9. The number of hydrogen-bond donors (Lipinski definition) is 2. The zero-order valence-corrected chi connectivity index (χ0v) is 12.4. The molecule has 2 N–H and O–H groups in total. The lowest BCUT2D eigenvalue weighted by atomic mass is 10.0. The SMILES string of the molecule is CCCN(CCO)C(=O)c1cc(C=CC(=O)O)ccc1C. The molecular formula is C16H21NO4. The van der Waals surface area contributed by atoms with Gasteiger partial charge in [-0.05, 0) is 36.6 Å². The number of aliphatic hydroxyl groups is 1. The molecule has 0 spiro atoms. The molecule has 114 valence electrons. The molecule has 21 heavy (non-hydrogen) atoms. The number of rotatable bonds is 7. The zero-order chi connectivity index (χ0) is 15.8. The quantitative estimate of drug-likeness (QED) is 0.753. The molecule has 0 aromatic heterocycles. The van der Waals surface area contributed by atoms with E-state index in [1.165, 1.54) is 6.08 Å². The number of aliphatic hydroxyl groups excluding tert-OH is 1. The van der Waals surface area contributed by atoms with Crippen LogP contribution in [0, 0.1) is 6.92 Å². The number of carboxylic acid groups (broad SMARTS) is 1. The average molecular weight is 291 g/mol. The average Bonchev–Trinajstić information content (AvgIpc) is 2.45. The molecule has 0 bridgehead atoms. The van der Waals surface area contributed by atoms with Crippen LogP contribution in [0.2, 0.25) is 0 Å². The lowest BCUT2D eigenvalue weighted by molar-refractivity contribution is -0.131. The molecule has 0 saturated carbocycles. The summed E-state index contributed by atoms with van der Waals surface area (Å²) in [5.74, 6) is -1.18. The zero-order valence-electron chi connectivity index (χ0n) is 12.4. The van der Waals surface area contributed by atoms with E-state index in [0.717, 1.165) is 18.1 Å². The predicted octanol–water partition coefficient (Wildman–Crippen LogP) is 1.94. The van der Waals surface area contributed by atoms with Crippen molar-refractivity contribution in [3.8, 4) is 0 Å². The molecular weight excluding hydrogens is 270 g/mol. The maximum absolute atomic E-state index is 12.5. The van der Waals surface area contributed by atoms with Gasteiger partial charge in [0.2, 0.25) is 0 Å². The van der Waals surface area contributed by atoms with Crippen LogP contribution in [0.1, 0.15) is 34.8 Å². The number of nitrogens with zero attached hydrogens (tertiary/aromatic N) is 1. The largest absolute Gasteiger partial charge is 0.478 e. The second-order valence-corrected chi connectivity index (χ2v) is 4.76. The van der Waals surface area contributed by atoms with Crippen molar-refractivity contribution in [1.82, 2.24) is 4.90 Å². The fourth-order valence-corrected chi connectivity index (χ4v) is 2.02. The highest BCUT2D eigenvalue weighted by Gasteiger charge is 2.16. The van der Waals surface area contributed by atoms with Crippen molar-refractivity contribution in [3.05, 3.63) is 41.0 Å². The van der Waals surface area contributed by atoms with Crippen LogP contribution < -0.4 is 0 Å². The fraction of sp³-hybridized carbons (Fsp3) is 0.375. The lowest BCUT2D eigenvalue weighted by Crippen LogP contribution is -2.34. The van der Waals surface area contributed by atoms with Crippen LogP contribution in [0.4, 0.5) is 0 Å². The van der Waals surface area contributed by atoms with Crippen molar-refractivity contribution >= 4 is 18.0 Å². The third-order valence-corrected chi connectivity index (χ3v) is 3.06. The number of amides is 1. The van der Waals surface area contributed by atoms with Gasteiger partial charge in [0.25, 0.3) is 5.91 Å². The molecule has 0 radical (unpaired) electrons. The van der Waals surface area contributed by atoms with Crippen LogP contribution >= 0.6 is 0 Å². The monoisotopic (exact) mass is 291 g/mol. The van der Waals surface area contributed by atoms with Crippen LogP contribution in [-0.2, 0) is 4.79 Å². The van der Waals surface area contributed by atoms with E-state index in [9.17, 15) is 9.59 Å². The Kier molecular flexibility index (Phi) is 6.62. The van der Waals surface area contributed by atoms with Crippen molar-refractivity contribution in [2.45, 2.75) is 20.3 Å². The van der Waals surface area contributed by atoms with Gasteiger partial charge < -0.3 is 15.1 Å².